The van der Waals surface area contributed by atoms with Crippen molar-refractivity contribution < 1.29 is 9.53 Å². The van der Waals surface area contributed by atoms with E-state index in [0.717, 1.165) is 48.6 Å². The Kier molecular flexibility index (Phi) is 6.06. The first kappa shape index (κ1) is 17.5. The quantitative estimate of drug-likeness (QED) is 0.838. The zero-order valence-electron chi connectivity index (χ0n) is 14.6. The number of nitrogens with one attached hydrogen (secondary N) is 1. The van der Waals surface area contributed by atoms with Crippen LogP contribution in [0.25, 0.3) is 11.3 Å². The van der Waals surface area contributed by atoms with Gasteiger partial charge in [0.1, 0.15) is 5.82 Å². The lowest BCUT2D eigenvalue weighted by Crippen LogP contribution is -2.27. The Balaban J connectivity index is 1.54. The van der Waals surface area contributed by atoms with Crippen LogP contribution in [0.2, 0.25) is 0 Å². The molecule has 2 aromatic heterocycles. The second kappa shape index (κ2) is 8.67. The fraction of sp³-hybridized carbons (Fsp3) is 0.474. The van der Waals surface area contributed by atoms with Gasteiger partial charge in [-0.25, -0.2) is 9.97 Å². The van der Waals surface area contributed by atoms with E-state index in [1.54, 1.807) is 12.4 Å². The molecule has 25 heavy (non-hydrogen) atoms. The van der Waals surface area contributed by atoms with Gasteiger partial charge in [-0.2, -0.15) is 0 Å². The van der Waals surface area contributed by atoms with Gasteiger partial charge in [0.15, 0.2) is 0 Å². The second-order valence-corrected chi connectivity index (χ2v) is 6.27. The second-order valence-electron chi connectivity index (χ2n) is 6.27. The Labute approximate surface area is 148 Å². The Morgan fingerprint density at radius 2 is 2.28 bits per heavy atom. The molecule has 0 unspecified atom stereocenters. The minimum absolute atomic E-state index is 0.0701. The summed E-state index contributed by atoms with van der Waals surface area (Å²) >= 11 is 0. The summed E-state index contributed by atoms with van der Waals surface area (Å²) in [5.74, 6) is 0.792. The molecule has 6 nitrogen and oxygen atoms in total. The maximum Gasteiger partial charge on any atom is 0.220 e. The fourth-order valence-electron chi connectivity index (χ4n) is 3.02. The molecule has 0 aromatic carbocycles. The van der Waals surface area contributed by atoms with Gasteiger partial charge in [-0.15, -0.1) is 0 Å². The monoisotopic (exact) mass is 340 g/mol. The first-order chi connectivity index (χ1) is 12.2. The number of amides is 1. The number of carbonyl (C=O) groups is 1. The molecule has 0 radical (unpaired) electrons. The summed E-state index contributed by atoms with van der Waals surface area (Å²) in [6.45, 7) is 3.25. The van der Waals surface area contributed by atoms with Crippen molar-refractivity contribution in [3.63, 3.8) is 0 Å². The fourth-order valence-corrected chi connectivity index (χ4v) is 3.02. The summed E-state index contributed by atoms with van der Waals surface area (Å²) in [7, 11) is 0. The molecule has 1 N–H and O–H groups in total. The van der Waals surface area contributed by atoms with Crippen LogP contribution in [0.15, 0.2) is 30.6 Å². The average molecular weight is 340 g/mol. The topological polar surface area (TPSA) is 77.0 Å². The average Bonchev–Trinajstić information content (AvgIpc) is 3.14. The molecule has 0 saturated carbocycles. The molecule has 1 amide bonds. The molecule has 132 valence electrons. The number of rotatable bonds is 7. The summed E-state index contributed by atoms with van der Waals surface area (Å²) in [5, 5.41) is 2.98. The van der Waals surface area contributed by atoms with Crippen molar-refractivity contribution >= 4 is 5.91 Å². The molecule has 6 heteroatoms. The molecule has 1 saturated heterocycles. The molecular weight excluding hydrogens is 316 g/mol. The van der Waals surface area contributed by atoms with Crippen LogP contribution in [-0.2, 0) is 16.0 Å². The minimum Gasteiger partial charge on any atom is -0.378 e. The molecular formula is C19H24N4O2. The Morgan fingerprint density at radius 3 is 3.04 bits per heavy atom. The molecule has 1 aliphatic heterocycles. The van der Waals surface area contributed by atoms with E-state index in [9.17, 15) is 4.79 Å². The van der Waals surface area contributed by atoms with E-state index >= 15 is 0 Å². The molecule has 1 atom stereocenters. The molecule has 0 spiro atoms. The zero-order chi connectivity index (χ0) is 17.5. The van der Waals surface area contributed by atoms with Gasteiger partial charge in [-0.05, 0) is 38.3 Å². The highest BCUT2D eigenvalue weighted by atomic mass is 16.5. The number of ether oxygens (including phenoxy) is 1. The number of aromatic nitrogens is 3. The lowest BCUT2D eigenvalue weighted by Gasteiger charge is -2.11. The summed E-state index contributed by atoms with van der Waals surface area (Å²) in [5.41, 5.74) is 2.67. The number of pyridine rings is 1. The third-order valence-electron chi connectivity index (χ3n) is 4.33. The Hall–Kier alpha value is -2.34. The van der Waals surface area contributed by atoms with Crippen molar-refractivity contribution in [2.24, 2.45) is 0 Å². The molecule has 0 aliphatic carbocycles. The van der Waals surface area contributed by atoms with Crippen LogP contribution in [0.5, 0.6) is 0 Å². The highest BCUT2D eigenvalue weighted by Crippen LogP contribution is 2.20. The van der Waals surface area contributed by atoms with Crippen LogP contribution in [-0.4, -0.2) is 40.1 Å². The number of nitrogens with zero attached hydrogens (tertiary/aromatic N) is 3. The first-order valence-electron chi connectivity index (χ1n) is 8.84. The van der Waals surface area contributed by atoms with Crippen LogP contribution >= 0.6 is 0 Å². The summed E-state index contributed by atoms with van der Waals surface area (Å²) in [6.07, 6.45) is 7.96. The molecule has 3 rings (SSSR count). The van der Waals surface area contributed by atoms with E-state index in [1.165, 1.54) is 0 Å². The van der Waals surface area contributed by atoms with Crippen LogP contribution in [0.4, 0.5) is 0 Å². The van der Waals surface area contributed by atoms with E-state index in [2.05, 4.69) is 20.3 Å². The zero-order valence-corrected chi connectivity index (χ0v) is 14.6. The van der Waals surface area contributed by atoms with Crippen LogP contribution < -0.4 is 5.32 Å². The van der Waals surface area contributed by atoms with Crippen molar-refractivity contribution in [2.45, 2.75) is 45.1 Å². The predicted molar refractivity (Wildman–Crippen MR) is 94.9 cm³/mol. The van der Waals surface area contributed by atoms with E-state index in [-0.39, 0.29) is 12.0 Å². The number of aryl methyl sites for hydroxylation is 1. The molecule has 3 heterocycles. The normalized spacial score (nSPS) is 16.8. The Morgan fingerprint density at radius 1 is 1.36 bits per heavy atom. The van der Waals surface area contributed by atoms with Crippen LogP contribution in [0, 0.1) is 6.92 Å². The maximum absolute atomic E-state index is 12.0. The van der Waals surface area contributed by atoms with Gasteiger partial charge >= 0.3 is 0 Å². The van der Waals surface area contributed by atoms with Gasteiger partial charge in [-0.1, -0.05) is 6.07 Å². The Bertz CT molecular complexity index is 700. The summed E-state index contributed by atoms with van der Waals surface area (Å²) in [6, 6.07) is 5.77. The van der Waals surface area contributed by atoms with Crippen LogP contribution in [0.1, 0.15) is 37.2 Å². The van der Waals surface area contributed by atoms with Crippen molar-refractivity contribution in [2.75, 3.05) is 13.2 Å². The SMILES string of the molecule is Cc1ncc(-c2ccccn2)c(CCNC(=O)CC[C@H]2CCCO2)n1. The highest BCUT2D eigenvalue weighted by Gasteiger charge is 2.16. The lowest BCUT2D eigenvalue weighted by atomic mass is 10.1. The molecule has 1 fully saturated rings. The number of hydrogen-bond acceptors (Lipinski definition) is 5. The first-order valence-corrected chi connectivity index (χ1v) is 8.84. The smallest absolute Gasteiger partial charge is 0.220 e. The molecule has 0 bridgehead atoms. The maximum atomic E-state index is 12.0. The van der Waals surface area contributed by atoms with Crippen molar-refractivity contribution in [3.05, 3.63) is 42.1 Å². The van der Waals surface area contributed by atoms with E-state index < -0.39 is 0 Å². The van der Waals surface area contributed by atoms with E-state index in [4.69, 9.17) is 4.74 Å². The van der Waals surface area contributed by atoms with E-state index in [0.29, 0.717) is 19.4 Å². The van der Waals surface area contributed by atoms with Gasteiger partial charge in [0.2, 0.25) is 5.91 Å². The minimum atomic E-state index is 0.0701. The molecule has 1 aliphatic rings. The standard InChI is InChI=1S/C19H24N4O2/c1-14-22-13-16(17-6-2-3-10-20-17)18(23-14)9-11-21-19(24)8-7-15-5-4-12-25-15/h2-3,6,10,13,15H,4-5,7-9,11-12H2,1H3,(H,21,24)/t15-/m1/s1. The van der Waals surface area contributed by atoms with Crippen molar-refractivity contribution in [1.29, 1.82) is 0 Å². The van der Waals surface area contributed by atoms with E-state index in [1.807, 2.05) is 25.1 Å². The van der Waals surface area contributed by atoms with Gasteiger partial charge in [0.25, 0.3) is 0 Å². The number of hydrogen-bond donors (Lipinski definition) is 1. The predicted octanol–water partition coefficient (Wildman–Crippen LogP) is 2.46. The third kappa shape index (κ3) is 5.06. The van der Waals surface area contributed by atoms with Crippen molar-refractivity contribution in [3.8, 4) is 11.3 Å². The number of carbonyl (C=O) groups excluding carboxylic acids is 1. The van der Waals surface area contributed by atoms with Gasteiger partial charge in [0.05, 0.1) is 17.5 Å². The largest absolute Gasteiger partial charge is 0.378 e. The van der Waals surface area contributed by atoms with Gasteiger partial charge < -0.3 is 10.1 Å². The molecule has 2 aromatic rings. The van der Waals surface area contributed by atoms with Gasteiger partial charge in [0, 0.05) is 44.0 Å². The summed E-state index contributed by atoms with van der Waals surface area (Å²) < 4.78 is 5.55. The van der Waals surface area contributed by atoms with Gasteiger partial charge in [-0.3, -0.25) is 9.78 Å². The van der Waals surface area contributed by atoms with Crippen LogP contribution in [0.3, 0.4) is 0 Å². The highest BCUT2D eigenvalue weighted by molar-refractivity contribution is 5.75. The lowest BCUT2D eigenvalue weighted by molar-refractivity contribution is -0.121. The summed E-state index contributed by atoms with van der Waals surface area (Å²) in [4.78, 5) is 25.2. The van der Waals surface area contributed by atoms with Crippen molar-refractivity contribution in [1.82, 2.24) is 20.3 Å². The third-order valence-corrected chi connectivity index (χ3v) is 4.33.